The van der Waals surface area contributed by atoms with E-state index in [0.29, 0.717) is 24.8 Å². The number of amides is 1. The van der Waals surface area contributed by atoms with Gasteiger partial charge in [0.15, 0.2) is 11.7 Å². The molecule has 8 heteroatoms. The largest absolute Gasteiger partial charge is 0.497 e. The Morgan fingerprint density at radius 1 is 1.17 bits per heavy atom. The van der Waals surface area contributed by atoms with E-state index in [1.807, 2.05) is 12.1 Å². The van der Waals surface area contributed by atoms with Gasteiger partial charge < -0.3 is 25.1 Å². The first-order chi connectivity index (χ1) is 14.7. The number of furan rings is 1. The molecule has 1 aromatic carbocycles. The van der Waals surface area contributed by atoms with Crippen LogP contribution in [0.25, 0.3) is 0 Å². The first-order valence-corrected chi connectivity index (χ1v) is 10.4. The van der Waals surface area contributed by atoms with Gasteiger partial charge in [-0.2, -0.15) is 0 Å². The van der Waals surface area contributed by atoms with Crippen LogP contribution in [0.1, 0.15) is 35.0 Å². The Hall–Kier alpha value is -3.00. The van der Waals surface area contributed by atoms with Gasteiger partial charge in [0.25, 0.3) is 5.91 Å². The zero-order chi connectivity index (χ0) is 21.2. The van der Waals surface area contributed by atoms with Crippen LogP contribution in [0.15, 0.2) is 52.1 Å². The van der Waals surface area contributed by atoms with Crippen LogP contribution in [0.3, 0.4) is 0 Å². The predicted molar refractivity (Wildman–Crippen MR) is 117 cm³/mol. The average Bonchev–Trinajstić information content (AvgIpc) is 3.50. The van der Waals surface area contributed by atoms with Gasteiger partial charge in [-0.15, -0.1) is 0 Å². The fourth-order valence-electron chi connectivity index (χ4n) is 3.63. The van der Waals surface area contributed by atoms with Crippen molar-refractivity contribution in [2.75, 3.05) is 46.9 Å². The molecule has 1 aliphatic heterocycles. The lowest BCUT2D eigenvalue weighted by atomic mass is 10.1. The number of hydrogen-bond donors (Lipinski definition) is 3. The quantitative estimate of drug-likeness (QED) is 0.331. The van der Waals surface area contributed by atoms with Gasteiger partial charge in [0.2, 0.25) is 0 Å². The van der Waals surface area contributed by atoms with E-state index >= 15 is 0 Å². The van der Waals surface area contributed by atoms with E-state index in [4.69, 9.17) is 9.15 Å². The maximum atomic E-state index is 11.9. The van der Waals surface area contributed by atoms with Crippen molar-refractivity contribution in [3.63, 3.8) is 0 Å². The molecule has 1 saturated heterocycles. The highest BCUT2D eigenvalue weighted by Crippen LogP contribution is 2.27. The molecule has 3 rings (SSSR count). The van der Waals surface area contributed by atoms with Gasteiger partial charge in [0.05, 0.1) is 19.4 Å². The molecule has 2 aromatic rings. The van der Waals surface area contributed by atoms with E-state index in [2.05, 4.69) is 38.0 Å². The minimum Gasteiger partial charge on any atom is -0.497 e. The van der Waals surface area contributed by atoms with Crippen molar-refractivity contribution in [2.45, 2.75) is 18.9 Å². The van der Waals surface area contributed by atoms with Crippen LogP contribution >= 0.6 is 0 Å². The molecular formula is C22H31N5O3. The summed E-state index contributed by atoms with van der Waals surface area (Å²) in [5.41, 5.74) is 1.23. The van der Waals surface area contributed by atoms with Gasteiger partial charge in [-0.3, -0.25) is 14.7 Å². The number of benzene rings is 1. The number of rotatable bonds is 9. The average molecular weight is 414 g/mol. The predicted octanol–water partition coefficient (Wildman–Crippen LogP) is 2.02. The topological polar surface area (TPSA) is 91.1 Å². The molecule has 1 amide bonds. The number of likely N-dealkylation sites (tertiary alicyclic amines) is 1. The third-order valence-corrected chi connectivity index (χ3v) is 5.19. The molecule has 2 heterocycles. The molecule has 1 fully saturated rings. The zero-order valence-electron chi connectivity index (χ0n) is 17.7. The second-order valence-corrected chi connectivity index (χ2v) is 7.15. The Kier molecular flexibility index (Phi) is 8.14. The monoisotopic (exact) mass is 413 g/mol. The molecule has 8 nitrogen and oxygen atoms in total. The molecule has 0 bridgehead atoms. The second kappa shape index (κ2) is 11.3. The summed E-state index contributed by atoms with van der Waals surface area (Å²) in [4.78, 5) is 18.7. The van der Waals surface area contributed by atoms with E-state index in [1.165, 1.54) is 24.7 Å². The smallest absolute Gasteiger partial charge is 0.287 e. The van der Waals surface area contributed by atoms with E-state index < -0.39 is 0 Å². The number of carbonyl (C=O) groups excluding carboxylic acids is 1. The summed E-state index contributed by atoms with van der Waals surface area (Å²) in [6.45, 7) is 3.93. The summed E-state index contributed by atoms with van der Waals surface area (Å²) < 4.78 is 10.5. The van der Waals surface area contributed by atoms with E-state index in [9.17, 15) is 4.79 Å². The number of nitrogens with one attached hydrogen (secondary N) is 3. The van der Waals surface area contributed by atoms with Gasteiger partial charge in [-0.1, -0.05) is 12.1 Å². The first-order valence-electron chi connectivity index (χ1n) is 10.4. The van der Waals surface area contributed by atoms with Crippen molar-refractivity contribution >= 4 is 11.9 Å². The molecule has 3 N–H and O–H groups in total. The molecule has 0 aliphatic carbocycles. The molecule has 0 spiro atoms. The third-order valence-electron chi connectivity index (χ3n) is 5.19. The molecule has 30 heavy (non-hydrogen) atoms. The SMILES string of the molecule is CN=C(NCCNC(=O)c1ccco1)NCC(c1cccc(OC)c1)N1CCCC1. The Morgan fingerprint density at radius 3 is 2.67 bits per heavy atom. The highest BCUT2D eigenvalue weighted by molar-refractivity contribution is 5.91. The lowest BCUT2D eigenvalue weighted by molar-refractivity contribution is 0.0926. The van der Waals surface area contributed by atoms with Crippen LogP contribution < -0.4 is 20.7 Å². The Morgan fingerprint density at radius 2 is 1.97 bits per heavy atom. The number of ether oxygens (including phenoxy) is 1. The van der Waals surface area contributed by atoms with Crippen LogP contribution in [0.4, 0.5) is 0 Å². The van der Waals surface area contributed by atoms with Crippen LogP contribution in [0.2, 0.25) is 0 Å². The standard InChI is InChI=1S/C22H31N5O3/c1-23-22(25-11-10-24-21(28)20-9-6-14-30-20)26-16-19(27-12-3-4-13-27)17-7-5-8-18(15-17)29-2/h5-9,14-15,19H,3-4,10-13,16H2,1-2H3,(H,24,28)(H2,23,25,26). The summed E-state index contributed by atoms with van der Waals surface area (Å²) in [6, 6.07) is 11.8. The number of nitrogens with zero attached hydrogens (tertiary/aromatic N) is 2. The van der Waals surface area contributed by atoms with Crippen molar-refractivity contribution < 1.29 is 13.9 Å². The molecular weight excluding hydrogens is 382 g/mol. The minimum absolute atomic E-state index is 0.225. The minimum atomic E-state index is -0.225. The number of hydrogen-bond acceptors (Lipinski definition) is 5. The second-order valence-electron chi connectivity index (χ2n) is 7.15. The molecule has 1 aliphatic rings. The van der Waals surface area contributed by atoms with Crippen molar-refractivity contribution in [3.8, 4) is 5.75 Å². The maximum absolute atomic E-state index is 11.9. The molecule has 1 unspecified atom stereocenters. The van der Waals surface area contributed by atoms with Crippen LogP contribution in [-0.2, 0) is 0 Å². The molecule has 162 valence electrons. The summed E-state index contributed by atoms with van der Waals surface area (Å²) in [7, 11) is 3.44. The molecule has 0 saturated carbocycles. The van der Waals surface area contributed by atoms with Gasteiger partial charge in [-0.25, -0.2) is 0 Å². The Labute approximate surface area is 177 Å². The number of guanidine groups is 1. The summed E-state index contributed by atoms with van der Waals surface area (Å²) >= 11 is 0. The molecule has 1 atom stereocenters. The van der Waals surface area contributed by atoms with Crippen molar-refractivity contribution in [1.82, 2.24) is 20.9 Å². The molecule has 0 radical (unpaired) electrons. The number of aliphatic imine (C=N–C) groups is 1. The van der Waals surface area contributed by atoms with Gasteiger partial charge in [0.1, 0.15) is 5.75 Å². The Bertz CT molecular complexity index is 816. The highest BCUT2D eigenvalue weighted by Gasteiger charge is 2.24. The summed E-state index contributed by atoms with van der Waals surface area (Å²) in [6.07, 6.45) is 3.93. The van der Waals surface area contributed by atoms with E-state index in [1.54, 1.807) is 26.3 Å². The van der Waals surface area contributed by atoms with Crippen LogP contribution in [-0.4, -0.2) is 63.6 Å². The van der Waals surface area contributed by atoms with Crippen molar-refractivity contribution in [3.05, 3.63) is 54.0 Å². The van der Waals surface area contributed by atoms with Crippen LogP contribution in [0, 0.1) is 0 Å². The highest BCUT2D eigenvalue weighted by atomic mass is 16.5. The number of carbonyl (C=O) groups is 1. The van der Waals surface area contributed by atoms with Gasteiger partial charge in [-0.05, 0) is 55.8 Å². The lowest BCUT2D eigenvalue weighted by Crippen LogP contribution is -2.44. The lowest BCUT2D eigenvalue weighted by Gasteiger charge is -2.29. The summed E-state index contributed by atoms with van der Waals surface area (Å²) in [5, 5.41) is 9.48. The van der Waals surface area contributed by atoms with E-state index in [-0.39, 0.29) is 11.9 Å². The van der Waals surface area contributed by atoms with Crippen LogP contribution in [0.5, 0.6) is 5.75 Å². The van der Waals surface area contributed by atoms with Gasteiger partial charge in [0, 0.05) is 26.7 Å². The maximum Gasteiger partial charge on any atom is 0.287 e. The fourth-order valence-corrected chi connectivity index (χ4v) is 3.63. The fraction of sp³-hybridized carbons (Fsp3) is 0.455. The third kappa shape index (κ3) is 6.00. The van der Waals surface area contributed by atoms with E-state index in [0.717, 1.165) is 25.4 Å². The normalized spacial score (nSPS) is 15.6. The Balaban J connectivity index is 1.50. The first kappa shape index (κ1) is 21.7. The van der Waals surface area contributed by atoms with Gasteiger partial charge >= 0.3 is 0 Å². The molecule has 1 aromatic heterocycles. The summed E-state index contributed by atoms with van der Waals surface area (Å²) in [5.74, 6) is 1.65. The number of methoxy groups -OCH3 is 1. The van der Waals surface area contributed by atoms with Crippen molar-refractivity contribution in [2.24, 2.45) is 4.99 Å². The zero-order valence-corrected chi connectivity index (χ0v) is 17.7. The van der Waals surface area contributed by atoms with Crippen molar-refractivity contribution in [1.29, 1.82) is 0 Å².